The van der Waals surface area contributed by atoms with Gasteiger partial charge < -0.3 is 19.6 Å². The highest BCUT2D eigenvalue weighted by molar-refractivity contribution is 7.29. The minimum atomic E-state index is 0.00771. The Kier molecular flexibility index (Phi) is 15.7. The van der Waals surface area contributed by atoms with Gasteiger partial charge in [-0.1, -0.05) is 147 Å². The van der Waals surface area contributed by atoms with Crippen molar-refractivity contribution >= 4 is 151 Å². The predicted octanol–water partition coefficient (Wildman–Crippen LogP) is 29.3. The number of hydrogen-bond acceptors (Lipinski definition) is 12. The zero-order valence-electron chi connectivity index (χ0n) is 64.4. The SMILES string of the molecule is Cc1cccc2c1N1C(C)c3c(sc4ccsc34)C1(C)C(C)(C)C2(C)C.Cc1cccc2c1N1C(C)c3c(sc4ccsc34)C1(C)C(C)(C)C2(C)C.Cc1ccccc1N1C(C)c2c(sc3ccsc23)C12C1CC3CC(C1)CC2C3.Cc1ccccc1N1C(C)c2c(sc3ccsc23)C12CCCCC2. The monoisotopic (exact) mass is 1520 g/mol. The number of para-hydroxylation sites is 4. The van der Waals surface area contributed by atoms with Gasteiger partial charge in [0.2, 0.25) is 0 Å². The molecule has 12 aromatic rings. The van der Waals surface area contributed by atoms with Crippen LogP contribution in [0.4, 0.5) is 22.7 Å². The van der Waals surface area contributed by atoms with Crippen molar-refractivity contribution in [3.05, 3.63) is 206 Å². The molecule has 104 heavy (non-hydrogen) atoms. The normalized spacial score (nSPS) is 29.5. The highest BCUT2D eigenvalue weighted by atomic mass is 32.1. The van der Waals surface area contributed by atoms with E-state index in [1.54, 1.807) is 55.9 Å². The number of fused-ring (bicyclic) bond motifs is 21. The molecule has 0 radical (unpaired) electrons. The lowest BCUT2D eigenvalue weighted by Gasteiger charge is -2.63. The van der Waals surface area contributed by atoms with Crippen LogP contribution in [-0.2, 0) is 33.0 Å². The molecule has 6 aliphatic heterocycles. The Morgan fingerprint density at radius 1 is 0.346 bits per heavy atom. The van der Waals surface area contributed by atoms with E-state index in [1.165, 1.54) is 144 Å². The van der Waals surface area contributed by atoms with Crippen LogP contribution in [0, 0.1) is 62.2 Å². The van der Waals surface area contributed by atoms with Crippen molar-refractivity contribution in [1.29, 1.82) is 0 Å². The third-order valence-corrected chi connectivity index (χ3v) is 40.5. The number of thiophene rings is 8. The Morgan fingerprint density at radius 3 is 1.12 bits per heavy atom. The first-order chi connectivity index (χ1) is 49.7. The lowest BCUT2D eigenvalue weighted by Crippen LogP contribution is -2.62. The van der Waals surface area contributed by atoms with E-state index in [9.17, 15) is 0 Å². The van der Waals surface area contributed by atoms with Gasteiger partial charge in [-0.15, -0.1) is 90.7 Å². The lowest BCUT2D eigenvalue weighted by atomic mass is 9.48. The van der Waals surface area contributed by atoms with Gasteiger partial charge in [-0.25, -0.2) is 0 Å². The summed E-state index contributed by atoms with van der Waals surface area (Å²) in [5.41, 5.74) is 22.0. The van der Waals surface area contributed by atoms with Crippen molar-refractivity contribution in [2.24, 2.45) is 34.5 Å². The summed E-state index contributed by atoms with van der Waals surface area (Å²) >= 11 is 16.0. The Balaban J connectivity index is 0.0000000956. The van der Waals surface area contributed by atoms with Crippen LogP contribution in [0.3, 0.4) is 0 Å². The summed E-state index contributed by atoms with van der Waals surface area (Å²) in [5, 5.41) is 9.07. The fourth-order valence-corrected chi connectivity index (χ4v) is 35.7. The van der Waals surface area contributed by atoms with Crippen LogP contribution in [0.5, 0.6) is 0 Å². The minimum Gasteiger partial charge on any atom is -0.354 e. The van der Waals surface area contributed by atoms with Crippen LogP contribution in [0.15, 0.2) is 131 Å². The smallest absolute Gasteiger partial charge is 0.0812 e. The molecule has 4 bridgehead atoms. The summed E-state index contributed by atoms with van der Waals surface area (Å²) in [6.45, 7) is 43.7. The summed E-state index contributed by atoms with van der Waals surface area (Å²) in [7, 11) is 0. The van der Waals surface area contributed by atoms with Crippen LogP contribution in [0.2, 0.25) is 0 Å². The fraction of sp³-hybridized carbons (Fsp3) is 0.478. The zero-order chi connectivity index (χ0) is 72.2. The first-order valence-corrected chi connectivity index (χ1v) is 46.0. The highest BCUT2D eigenvalue weighted by Crippen LogP contribution is 2.74. The second kappa shape index (κ2) is 23.6. The zero-order valence-corrected chi connectivity index (χ0v) is 71.0. The molecule has 0 N–H and O–H groups in total. The molecular weight excluding hydrogens is 1420 g/mol. The van der Waals surface area contributed by atoms with Crippen molar-refractivity contribution in [3.63, 3.8) is 0 Å². The molecule has 540 valence electrons. The standard InChI is InChI=1S/C25H27NS2.2C23H27NS2.C21H23NS2/c1-14-5-3-4-6-20(14)26-15(2)22-23-21(7-8-27-23)28-24(22)25(26)18-10-16-9-17(12-18)13-19(25)11-16;2*1-13-9-8-10-15-18(13)24-14(2)17-19-16(11-12-25-19)26-20(17)23(24,7)22(5,6)21(15,3)4;1-14-8-4-5-9-16(14)22-15(2)18-19-17(10-13-23-19)24-20(18)21(22)11-6-3-7-12-21/h3-8,15-19H,9-13H2,1-2H3;2*8-12,14H,1-7H3;4-5,8-10,13,15H,3,6-7,11-12H2,1-2H3. The van der Waals surface area contributed by atoms with Gasteiger partial charge in [0.05, 0.1) is 65.1 Å². The summed E-state index contributed by atoms with van der Waals surface area (Å²) in [6.07, 6.45) is 14.1. The van der Waals surface area contributed by atoms with Gasteiger partial charge >= 0.3 is 0 Å². The van der Waals surface area contributed by atoms with E-state index < -0.39 is 0 Å². The Labute approximate surface area is 651 Å². The third kappa shape index (κ3) is 8.72. The first kappa shape index (κ1) is 69.2. The van der Waals surface area contributed by atoms with Crippen molar-refractivity contribution in [3.8, 4) is 0 Å². The van der Waals surface area contributed by atoms with Crippen molar-refractivity contribution in [2.45, 2.75) is 246 Å². The van der Waals surface area contributed by atoms with Crippen LogP contribution in [0.1, 0.15) is 260 Å². The molecule has 0 amide bonds. The Bertz CT molecular complexity index is 5220. The molecule has 11 aliphatic rings. The maximum Gasteiger partial charge on any atom is 0.0812 e. The number of hydrogen-bond donors (Lipinski definition) is 0. The molecule has 14 heterocycles. The average Bonchev–Trinajstić information content (AvgIpc) is 1.44. The number of aryl methyl sites for hydroxylation is 4. The summed E-state index contributed by atoms with van der Waals surface area (Å²) in [4.78, 5) is 17.9. The van der Waals surface area contributed by atoms with Gasteiger partial charge in [0, 0.05) is 94.1 Å². The molecule has 8 aromatic heterocycles. The maximum absolute atomic E-state index is 2.94. The summed E-state index contributed by atoms with van der Waals surface area (Å²) in [5.74, 6) is 3.71. The fourth-order valence-electron chi connectivity index (χ4n) is 24.3. The topological polar surface area (TPSA) is 13.0 Å². The molecule has 0 saturated heterocycles. The molecule has 5 aliphatic carbocycles. The van der Waals surface area contributed by atoms with Crippen LogP contribution in [-0.4, -0.2) is 0 Å². The second-order valence-electron chi connectivity index (χ2n) is 35.9. The van der Waals surface area contributed by atoms with E-state index in [2.05, 4.69) is 298 Å². The number of rotatable bonds is 2. The predicted molar refractivity (Wildman–Crippen MR) is 459 cm³/mol. The van der Waals surface area contributed by atoms with E-state index >= 15 is 0 Å². The molecule has 5 saturated carbocycles. The summed E-state index contributed by atoms with van der Waals surface area (Å²) < 4.78 is 12.1. The average molecular weight is 1520 g/mol. The molecule has 12 heteroatoms. The number of anilines is 4. The van der Waals surface area contributed by atoms with Crippen LogP contribution < -0.4 is 19.6 Å². The van der Waals surface area contributed by atoms with E-state index in [4.69, 9.17) is 0 Å². The molecule has 6 atom stereocenters. The minimum absolute atomic E-state index is 0.00771. The van der Waals surface area contributed by atoms with Crippen LogP contribution >= 0.6 is 90.7 Å². The van der Waals surface area contributed by atoms with E-state index in [0.29, 0.717) is 24.2 Å². The summed E-state index contributed by atoms with van der Waals surface area (Å²) in [6, 6.07) is 43.1. The quantitative estimate of drug-likeness (QED) is 0.171. The van der Waals surface area contributed by atoms with E-state index in [-0.39, 0.29) is 43.8 Å². The van der Waals surface area contributed by atoms with Gasteiger partial charge in [0.25, 0.3) is 0 Å². The number of nitrogens with zero attached hydrogens (tertiary/aromatic N) is 4. The van der Waals surface area contributed by atoms with Gasteiger partial charge in [0.15, 0.2) is 0 Å². The number of benzene rings is 4. The van der Waals surface area contributed by atoms with Gasteiger partial charge in [-0.3, -0.25) is 0 Å². The third-order valence-electron chi connectivity index (χ3n) is 30.7. The van der Waals surface area contributed by atoms with E-state index in [1.807, 2.05) is 68.0 Å². The molecule has 4 aromatic carbocycles. The van der Waals surface area contributed by atoms with Crippen molar-refractivity contribution < 1.29 is 0 Å². The van der Waals surface area contributed by atoms with Gasteiger partial charge in [-0.2, -0.15) is 0 Å². The molecule has 6 unspecified atom stereocenters. The molecular formula is C92H104N4S8. The highest BCUT2D eigenvalue weighted by Gasteiger charge is 2.69. The second-order valence-corrected chi connectivity index (χ2v) is 43.8. The Morgan fingerprint density at radius 2 is 0.692 bits per heavy atom. The van der Waals surface area contributed by atoms with Gasteiger partial charge in [-0.05, 0) is 240 Å². The molecule has 2 spiro atoms. The molecule has 5 fully saturated rings. The Hall–Kier alpha value is -5.28. The van der Waals surface area contributed by atoms with Gasteiger partial charge in [0.1, 0.15) is 0 Å². The van der Waals surface area contributed by atoms with Crippen LogP contribution in [0.25, 0.3) is 37.6 Å². The molecule has 23 rings (SSSR count). The van der Waals surface area contributed by atoms with Crippen molar-refractivity contribution in [2.75, 3.05) is 19.6 Å². The largest absolute Gasteiger partial charge is 0.354 e. The first-order valence-electron chi connectivity index (χ1n) is 39.2. The van der Waals surface area contributed by atoms with Crippen molar-refractivity contribution in [1.82, 2.24) is 0 Å². The maximum atomic E-state index is 2.94. The lowest BCUT2D eigenvalue weighted by molar-refractivity contribution is -0.0588. The molecule has 4 nitrogen and oxygen atoms in total. The van der Waals surface area contributed by atoms with E-state index in [0.717, 1.165) is 23.7 Å².